The van der Waals surface area contributed by atoms with Gasteiger partial charge in [0.25, 0.3) is 5.56 Å². The number of nitrogens with one attached hydrogen (secondary N) is 1. The van der Waals surface area contributed by atoms with Crippen molar-refractivity contribution in [3.8, 4) is 22.5 Å². The van der Waals surface area contributed by atoms with Gasteiger partial charge in [-0.15, -0.1) is 0 Å². The zero-order valence-corrected chi connectivity index (χ0v) is 20.3. The lowest BCUT2D eigenvalue weighted by Gasteiger charge is -2.12. The van der Waals surface area contributed by atoms with Gasteiger partial charge in [0.2, 0.25) is 0 Å². The Morgan fingerprint density at radius 2 is 1.61 bits per heavy atom. The molecule has 6 aromatic rings. The normalized spacial score (nSPS) is 11.3. The third kappa shape index (κ3) is 4.14. The molecule has 3 heterocycles. The van der Waals surface area contributed by atoms with E-state index in [0.29, 0.717) is 39.6 Å². The van der Waals surface area contributed by atoms with Gasteiger partial charge in [-0.05, 0) is 36.8 Å². The molecule has 1 N–H and O–H groups in total. The summed E-state index contributed by atoms with van der Waals surface area (Å²) in [7, 11) is 0. The van der Waals surface area contributed by atoms with Crippen LogP contribution in [-0.4, -0.2) is 19.9 Å². The Morgan fingerprint density at radius 3 is 2.42 bits per heavy atom. The van der Waals surface area contributed by atoms with Crippen LogP contribution < -0.4 is 5.56 Å². The number of halogens is 1. The van der Waals surface area contributed by atoms with Gasteiger partial charge in [0.1, 0.15) is 5.52 Å². The van der Waals surface area contributed by atoms with Crippen molar-refractivity contribution < 1.29 is 0 Å². The highest BCUT2D eigenvalue weighted by Gasteiger charge is 2.17. The minimum Gasteiger partial charge on any atom is -0.305 e. The van der Waals surface area contributed by atoms with Crippen LogP contribution in [-0.2, 0) is 6.42 Å². The Bertz CT molecular complexity index is 1800. The van der Waals surface area contributed by atoms with Crippen molar-refractivity contribution >= 4 is 33.7 Å². The lowest BCUT2D eigenvalue weighted by molar-refractivity contribution is 1.09. The minimum absolute atomic E-state index is 0.163. The van der Waals surface area contributed by atoms with Crippen LogP contribution in [0, 0.1) is 6.92 Å². The van der Waals surface area contributed by atoms with Gasteiger partial charge in [-0.3, -0.25) is 9.78 Å². The fraction of sp³-hybridized carbons (Fsp3) is 0.0667. The van der Waals surface area contributed by atoms with E-state index in [1.807, 2.05) is 91.9 Å². The summed E-state index contributed by atoms with van der Waals surface area (Å²) in [6, 6.07) is 27.6. The van der Waals surface area contributed by atoms with Gasteiger partial charge in [0.05, 0.1) is 21.9 Å². The predicted octanol–water partition coefficient (Wildman–Crippen LogP) is 6.75. The number of aromatic amines is 1. The third-order valence-electron chi connectivity index (χ3n) is 6.25. The van der Waals surface area contributed by atoms with Gasteiger partial charge in [-0.2, -0.15) is 0 Å². The number of rotatable bonds is 4. The van der Waals surface area contributed by atoms with Crippen LogP contribution in [0.2, 0.25) is 5.02 Å². The highest BCUT2D eigenvalue weighted by molar-refractivity contribution is 6.35. The van der Waals surface area contributed by atoms with Gasteiger partial charge >= 0.3 is 0 Å². The van der Waals surface area contributed by atoms with E-state index in [0.717, 1.165) is 27.6 Å². The van der Waals surface area contributed by atoms with E-state index in [1.165, 1.54) is 5.56 Å². The molecule has 174 valence electrons. The molecule has 0 amide bonds. The highest BCUT2D eigenvalue weighted by Crippen LogP contribution is 2.34. The molecule has 6 rings (SSSR count). The third-order valence-corrected chi connectivity index (χ3v) is 6.54. The summed E-state index contributed by atoms with van der Waals surface area (Å²) in [6.07, 6.45) is 2.24. The second kappa shape index (κ2) is 9.02. The minimum atomic E-state index is -0.163. The topological polar surface area (TPSA) is 71.5 Å². The van der Waals surface area contributed by atoms with Gasteiger partial charge in [-0.1, -0.05) is 77.8 Å². The van der Waals surface area contributed by atoms with Crippen LogP contribution in [0.3, 0.4) is 0 Å². The van der Waals surface area contributed by atoms with Crippen molar-refractivity contribution in [3.63, 3.8) is 0 Å². The fourth-order valence-electron chi connectivity index (χ4n) is 4.40. The van der Waals surface area contributed by atoms with Crippen LogP contribution in [0.1, 0.15) is 16.7 Å². The Labute approximate surface area is 212 Å². The van der Waals surface area contributed by atoms with E-state index in [1.54, 1.807) is 6.20 Å². The van der Waals surface area contributed by atoms with Crippen molar-refractivity contribution in [2.24, 2.45) is 0 Å². The molecule has 0 radical (unpaired) electrons. The van der Waals surface area contributed by atoms with Gasteiger partial charge in [0.15, 0.2) is 5.65 Å². The number of aryl methyl sites for hydroxylation is 1. The van der Waals surface area contributed by atoms with Crippen molar-refractivity contribution in [2.75, 3.05) is 0 Å². The second-order valence-electron chi connectivity index (χ2n) is 8.84. The smallest absolute Gasteiger partial charge is 0.253 e. The van der Waals surface area contributed by atoms with Crippen LogP contribution in [0.4, 0.5) is 0 Å². The lowest BCUT2D eigenvalue weighted by atomic mass is 10.0. The molecular formula is C30H21ClN4O. The molecule has 0 atom stereocenters. The molecule has 0 aliphatic rings. The Kier molecular flexibility index (Phi) is 5.55. The molecule has 0 saturated heterocycles. The maximum absolute atomic E-state index is 13.0. The zero-order chi connectivity index (χ0) is 24.6. The molecule has 0 aliphatic carbocycles. The number of fused-ring (bicyclic) bond motifs is 2. The van der Waals surface area contributed by atoms with E-state index >= 15 is 0 Å². The molecular weight excluding hydrogens is 468 g/mol. The molecule has 0 saturated carbocycles. The number of hydrogen-bond donors (Lipinski definition) is 1. The van der Waals surface area contributed by atoms with Crippen molar-refractivity contribution in [3.05, 3.63) is 123 Å². The Morgan fingerprint density at radius 1 is 0.833 bits per heavy atom. The van der Waals surface area contributed by atoms with Crippen LogP contribution in [0.25, 0.3) is 44.6 Å². The quantitative estimate of drug-likeness (QED) is 0.298. The molecule has 5 nitrogen and oxygen atoms in total. The van der Waals surface area contributed by atoms with Crippen molar-refractivity contribution in [2.45, 2.75) is 13.3 Å². The number of H-pyrrole nitrogens is 1. The summed E-state index contributed by atoms with van der Waals surface area (Å²) < 4.78 is 0. The number of aromatic nitrogens is 4. The molecule has 0 aliphatic heterocycles. The van der Waals surface area contributed by atoms with Crippen LogP contribution >= 0.6 is 11.6 Å². The maximum Gasteiger partial charge on any atom is 0.253 e. The molecule has 0 fully saturated rings. The molecule has 6 heteroatoms. The summed E-state index contributed by atoms with van der Waals surface area (Å²) in [6.45, 7) is 2.04. The number of benzene rings is 3. The first-order valence-electron chi connectivity index (χ1n) is 11.6. The Hall–Kier alpha value is -4.35. The van der Waals surface area contributed by atoms with Crippen molar-refractivity contribution in [1.29, 1.82) is 0 Å². The highest BCUT2D eigenvalue weighted by atomic mass is 35.5. The van der Waals surface area contributed by atoms with E-state index < -0.39 is 0 Å². The summed E-state index contributed by atoms with van der Waals surface area (Å²) in [5, 5.41) is 1.47. The predicted molar refractivity (Wildman–Crippen MR) is 145 cm³/mol. The first-order valence-corrected chi connectivity index (χ1v) is 12.0. The zero-order valence-electron chi connectivity index (χ0n) is 19.5. The summed E-state index contributed by atoms with van der Waals surface area (Å²) in [5.41, 5.74) is 7.62. The lowest BCUT2D eigenvalue weighted by Crippen LogP contribution is -2.14. The first kappa shape index (κ1) is 22.1. The SMILES string of the molecule is Cc1ccc(Cc2cc3nc(-c4cc(Cl)c5ncccc5c4)c(-c4ccccc4)nc3[nH]c2=O)cc1. The summed E-state index contributed by atoms with van der Waals surface area (Å²) in [4.78, 5) is 30.2. The van der Waals surface area contributed by atoms with E-state index in [-0.39, 0.29) is 5.56 Å². The number of pyridine rings is 2. The van der Waals surface area contributed by atoms with Gasteiger partial charge in [0, 0.05) is 34.7 Å². The molecule has 36 heavy (non-hydrogen) atoms. The molecule has 0 unspecified atom stereocenters. The molecule has 0 spiro atoms. The number of hydrogen-bond acceptors (Lipinski definition) is 4. The molecule has 0 bridgehead atoms. The van der Waals surface area contributed by atoms with Gasteiger partial charge in [-0.25, -0.2) is 9.97 Å². The van der Waals surface area contributed by atoms with Crippen LogP contribution in [0.5, 0.6) is 0 Å². The second-order valence-corrected chi connectivity index (χ2v) is 9.25. The average molecular weight is 489 g/mol. The number of nitrogens with zero attached hydrogens (tertiary/aromatic N) is 3. The van der Waals surface area contributed by atoms with Crippen molar-refractivity contribution in [1.82, 2.24) is 19.9 Å². The maximum atomic E-state index is 13.0. The van der Waals surface area contributed by atoms with Gasteiger partial charge < -0.3 is 4.98 Å². The molecule has 3 aromatic carbocycles. The standard InChI is InChI=1S/C30H21ClN4O/c1-18-9-11-19(12-10-18)14-23-17-25-29(35-30(23)36)34-27(20-6-3-2-4-7-20)28(33-25)22-15-21-8-5-13-32-26(21)24(31)16-22/h2-13,15-17H,14H2,1H3,(H,34,35,36). The van der Waals surface area contributed by atoms with E-state index in [9.17, 15) is 4.79 Å². The molecule has 3 aromatic heterocycles. The summed E-state index contributed by atoms with van der Waals surface area (Å²) >= 11 is 6.62. The van der Waals surface area contributed by atoms with E-state index in [2.05, 4.69) is 9.97 Å². The largest absolute Gasteiger partial charge is 0.305 e. The summed E-state index contributed by atoms with van der Waals surface area (Å²) in [5.74, 6) is 0. The Balaban J connectivity index is 1.57. The van der Waals surface area contributed by atoms with E-state index in [4.69, 9.17) is 21.6 Å². The monoisotopic (exact) mass is 488 g/mol. The van der Waals surface area contributed by atoms with Crippen LogP contribution in [0.15, 0.2) is 95.9 Å². The average Bonchev–Trinajstić information content (AvgIpc) is 2.90. The fourth-order valence-corrected chi connectivity index (χ4v) is 4.68. The first-order chi connectivity index (χ1) is 17.5.